The van der Waals surface area contributed by atoms with Gasteiger partial charge in [0.1, 0.15) is 0 Å². The second-order valence-electron chi connectivity index (χ2n) is 4.91. The molecule has 1 aliphatic carbocycles. The molecule has 2 rings (SSSR count). The van der Waals surface area contributed by atoms with Crippen LogP contribution in [0.1, 0.15) is 40.0 Å². The molecule has 0 aromatic carbocycles. The molecule has 1 saturated carbocycles. The van der Waals surface area contributed by atoms with E-state index >= 15 is 0 Å². The van der Waals surface area contributed by atoms with Crippen molar-refractivity contribution in [3.63, 3.8) is 0 Å². The number of rotatable bonds is 0. The minimum Gasteiger partial charge on any atom is -0.351 e. The Kier molecular flexibility index (Phi) is 3.40. The van der Waals surface area contributed by atoms with Crippen LogP contribution in [0.5, 0.6) is 0 Å². The Hall–Kier alpha value is -0.730. The molecule has 2 fully saturated rings. The van der Waals surface area contributed by atoms with Crippen molar-refractivity contribution in [3.8, 4) is 0 Å². The van der Waals surface area contributed by atoms with Crippen LogP contribution in [0, 0.1) is 11.3 Å². The third-order valence-electron chi connectivity index (χ3n) is 2.93. The van der Waals surface area contributed by atoms with Crippen LogP contribution in [0.3, 0.4) is 0 Å². The van der Waals surface area contributed by atoms with Gasteiger partial charge in [-0.2, -0.15) is 0 Å². The van der Waals surface area contributed by atoms with Crippen molar-refractivity contribution in [3.05, 3.63) is 0 Å². The van der Waals surface area contributed by atoms with Crippen LogP contribution in [-0.2, 0) is 0 Å². The summed E-state index contributed by atoms with van der Waals surface area (Å²) in [4.78, 5) is 12.4. The van der Waals surface area contributed by atoms with Gasteiger partial charge in [-0.25, -0.2) is 4.79 Å². The normalized spacial score (nSPS) is 23.2. The fourth-order valence-corrected chi connectivity index (χ4v) is 2.60. The summed E-state index contributed by atoms with van der Waals surface area (Å²) in [5.41, 5.74) is 5.61. The van der Waals surface area contributed by atoms with Crippen molar-refractivity contribution in [1.29, 1.82) is 0 Å². The quantitative estimate of drug-likeness (QED) is 0.637. The van der Waals surface area contributed by atoms with E-state index in [1.165, 1.54) is 19.3 Å². The van der Waals surface area contributed by atoms with Crippen LogP contribution in [0.2, 0.25) is 0 Å². The molecule has 0 aromatic rings. The highest BCUT2D eigenvalue weighted by Gasteiger charge is 2.51. The number of hydrogen-bond acceptors (Lipinski definition) is 1. The van der Waals surface area contributed by atoms with E-state index in [-0.39, 0.29) is 6.03 Å². The van der Waals surface area contributed by atoms with Gasteiger partial charge in [0, 0.05) is 18.5 Å². The van der Waals surface area contributed by atoms with Gasteiger partial charge in [0.25, 0.3) is 0 Å². The molecule has 14 heavy (non-hydrogen) atoms. The number of carbonyl (C=O) groups is 1. The number of nitrogens with two attached hydrogens (primary N) is 1. The molecular formula is C11H22N2O. The molecule has 2 N–H and O–H groups in total. The number of hydrogen-bond donors (Lipinski definition) is 1. The molecule has 82 valence electrons. The summed E-state index contributed by atoms with van der Waals surface area (Å²) in [7, 11) is 0. The summed E-state index contributed by atoms with van der Waals surface area (Å²) in [5, 5.41) is 0. The van der Waals surface area contributed by atoms with Crippen molar-refractivity contribution in [2.45, 2.75) is 40.0 Å². The van der Waals surface area contributed by atoms with Crippen molar-refractivity contribution < 1.29 is 4.79 Å². The number of amides is 2. The maximum atomic E-state index is 10.6. The molecule has 0 bridgehead atoms. The van der Waals surface area contributed by atoms with Gasteiger partial charge in [-0.05, 0) is 18.8 Å². The van der Waals surface area contributed by atoms with Gasteiger partial charge in [0.05, 0.1) is 0 Å². The first-order chi connectivity index (χ1) is 6.53. The van der Waals surface area contributed by atoms with E-state index in [0.29, 0.717) is 5.41 Å². The van der Waals surface area contributed by atoms with E-state index in [2.05, 4.69) is 20.8 Å². The lowest BCUT2D eigenvalue weighted by molar-refractivity contribution is -0.0633. The SMILES string of the molecule is CC1CC2(C1)CN(C(N)=O)C2.CCC. The maximum Gasteiger partial charge on any atom is 0.314 e. The Labute approximate surface area is 86.6 Å². The van der Waals surface area contributed by atoms with Crippen LogP contribution in [-0.4, -0.2) is 24.0 Å². The van der Waals surface area contributed by atoms with Gasteiger partial charge < -0.3 is 10.6 Å². The molecule has 0 atom stereocenters. The average molecular weight is 198 g/mol. The number of urea groups is 1. The van der Waals surface area contributed by atoms with E-state index in [0.717, 1.165) is 19.0 Å². The van der Waals surface area contributed by atoms with Crippen LogP contribution in [0.15, 0.2) is 0 Å². The van der Waals surface area contributed by atoms with Crippen LogP contribution >= 0.6 is 0 Å². The number of primary amides is 1. The summed E-state index contributed by atoms with van der Waals surface area (Å²) in [6.45, 7) is 8.33. The first kappa shape index (κ1) is 11.3. The van der Waals surface area contributed by atoms with Gasteiger partial charge in [-0.3, -0.25) is 0 Å². The summed E-state index contributed by atoms with van der Waals surface area (Å²) in [5.74, 6) is 0.866. The van der Waals surface area contributed by atoms with E-state index in [9.17, 15) is 4.79 Å². The van der Waals surface area contributed by atoms with Gasteiger partial charge in [-0.15, -0.1) is 0 Å². The number of likely N-dealkylation sites (tertiary alicyclic amines) is 1. The highest BCUT2D eigenvalue weighted by Crippen LogP contribution is 2.51. The molecule has 1 aliphatic heterocycles. The summed E-state index contributed by atoms with van der Waals surface area (Å²) < 4.78 is 0. The van der Waals surface area contributed by atoms with Gasteiger partial charge in [0.2, 0.25) is 0 Å². The fourth-order valence-electron chi connectivity index (χ4n) is 2.60. The highest BCUT2D eigenvalue weighted by atomic mass is 16.2. The molecule has 0 aromatic heterocycles. The van der Waals surface area contributed by atoms with Crippen molar-refractivity contribution in [2.75, 3.05) is 13.1 Å². The summed E-state index contributed by atoms with van der Waals surface area (Å²) >= 11 is 0. The van der Waals surface area contributed by atoms with Crippen molar-refractivity contribution in [2.24, 2.45) is 17.1 Å². The largest absolute Gasteiger partial charge is 0.351 e. The van der Waals surface area contributed by atoms with Crippen LogP contribution < -0.4 is 5.73 Å². The summed E-state index contributed by atoms with van der Waals surface area (Å²) in [6.07, 6.45) is 3.83. The Morgan fingerprint density at radius 3 is 2.14 bits per heavy atom. The number of carbonyl (C=O) groups excluding carboxylic acids is 1. The van der Waals surface area contributed by atoms with Crippen molar-refractivity contribution >= 4 is 6.03 Å². The van der Waals surface area contributed by atoms with E-state index < -0.39 is 0 Å². The standard InChI is InChI=1S/C8H14N2O.C3H8/c1-6-2-8(3-6)4-10(5-8)7(9)11;1-3-2/h6H,2-5H2,1H3,(H2,9,11);3H2,1-2H3. The number of nitrogens with zero attached hydrogens (tertiary/aromatic N) is 1. The molecule has 1 spiro atoms. The lowest BCUT2D eigenvalue weighted by Gasteiger charge is -2.58. The zero-order valence-corrected chi connectivity index (χ0v) is 9.55. The molecule has 2 aliphatic rings. The molecule has 0 unspecified atom stereocenters. The minimum absolute atomic E-state index is 0.254. The lowest BCUT2D eigenvalue weighted by atomic mass is 9.58. The van der Waals surface area contributed by atoms with Crippen molar-refractivity contribution in [1.82, 2.24) is 4.90 Å². The minimum atomic E-state index is -0.254. The topological polar surface area (TPSA) is 46.3 Å². The van der Waals surface area contributed by atoms with E-state index in [4.69, 9.17) is 5.73 Å². The zero-order chi connectivity index (χ0) is 10.8. The van der Waals surface area contributed by atoms with Gasteiger partial charge >= 0.3 is 6.03 Å². The first-order valence-corrected chi connectivity index (χ1v) is 5.57. The molecule has 1 heterocycles. The maximum absolute atomic E-state index is 10.6. The molecule has 3 heteroatoms. The first-order valence-electron chi connectivity index (χ1n) is 5.57. The van der Waals surface area contributed by atoms with E-state index in [1.807, 2.05) is 0 Å². The zero-order valence-electron chi connectivity index (χ0n) is 9.55. The summed E-state index contributed by atoms with van der Waals surface area (Å²) in [6, 6.07) is -0.254. The van der Waals surface area contributed by atoms with Gasteiger partial charge in [0.15, 0.2) is 0 Å². The molecule has 1 saturated heterocycles. The Bertz CT molecular complexity index is 201. The smallest absolute Gasteiger partial charge is 0.314 e. The second-order valence-corrected chi connectivity index (χ2v) is 4.91. The molecular weight excluding hydrogens is 176 g/mol. The van der Waals surface area contributed by atoms with Crippen LogP contribution in [0.25, 0.3) is 0 Å². The fraction of sp³-hybridized carbons (Fsp3) is 0.909. The predicted molar refractivity (Wildman–Crippen MR) is 58.0 cm³/mol. The predicted octanol–water partition coefficient (Wildman–Crippen LogP) is 2.21. The average Bonchev–Trinajstić information content (AvgIpc) is 1.94. The third-order valence-corrected chi connectivity index (χ3v) is 2.93. The van der Waals surface area contributed by atoms with Gasteiger partial charge in [-0.1, -0.05) is 27.2 Å². The van der Waals surface area contributed by atoms with E-state index in [1.54, 1.807) is 4.90 Å². The monoisotopic (exact) mass is 198 g/mol. The Morgan fingerprint density at radius 1 is 1.43 bits per heavy atom. The lowest BCUT2D eigenvalue weighted by Crippen LogP contribution is -2.64. The van der Waals surface area contributed by atoms with Crippen LogP contribution in [0.4, 0.5) is 4.79 Å². The third kappa shape index (κ3) is 2.20. The molecule has 0 radical (unpaired) electrons. The Morgan fingerprint density at radius 2 is 1.86 bits per heavy atom. The highest BCUT2D eigenvalue weighted by molar-refractivity contribution is 5.73. The molecule has 2 amide bonds. The second kappa shape index (κ2) is 4.20. The Balaban J connectivity index is 0.000000293. The molecule has 3 nitrogen and oxygen atoms in total.